The van der Waals surface area contributed by atoms with Crippen molar-refractivity contribution in [3.8, 4) is 6.07 Å². The van der Waals surface area contributed by atoms with Crippen LogP contribution in [0.4, 0.5) is 5.82 Å². The number of thioether (sulfide) groups is 1. The third-order valence-electron chi connectivity index (χ3n) is 6.12. The van der Waals surface area contributed by atoms with Crippen LogP contribution in [0.5, 0.6) is 0 Å². The summed E-state index contributed by atoms with van der Waals surface area (Å²) in [6.45, 7) is 3.45. The van der Waals surface area contributed by atoms with E-state index < -0.39 is 18.5 Å². The van der Waals surface area contributed by atoms with E-state index in [9.17, 15) is 14.9 Å². The number of benzene rings is 1. The summed E-state index contributed by atoms with van der Waals surface area (Å²) >= 11 is 3.03. The Kier molecular flexibility index (Phi) is 7.70. The van der Waals surface area contributed by atoms with Gasteiger partial charge >= 0.3 is 5.97 Å². The summed E-state index contributed by atoms with van der Waals surface area (Å²) in [6, 6.07) is 9.66. The summed E-state index contributed by atoms with van der Waals surface area (Å²) in [4.78, 5) is 30.5. The van der Waals surface area contributed by atoms with E-state index in [1.54, 1.807) is 17.6 Å². The van der Waals surface area contributed by atoms with Crippen molar-refractivity contribution in [1.29, 1.82) is 5.26 Å². The van der Waals surface area contributed by atoms with Gasteiger partial charge in [0.1, 0.15) is 11.9 Å². The Labute approximate surface area is 207 Å². The van der Waals surface area contributed by atoms with Crippen LogP contribution in [0.15, 0.2) is 40.1 Å². The van der Waals surface area contributed by atoms with E-state index in [4.69, 9.17) is 4.74 Å². The van der Waals surface area contributed by atoms with Gasteiger partial charge in [-0.2, -0.15) is 5.26 Å². The average Bonchev–Trinajstić information content (AvgIpc) is 3.59. The molecule has 0 saturated heterocycles. The number of nitriles is 1. The molecule has 0 atom stereocenters. The molecule has 0 radical (unpaired) electrons. The highest BCUT2D eigenvalue weighted by atomic mass is 32.2. The molecule has 0 unspecified atom stereocenters. The molecule has 2 aromatic heterocycles. The summed E-state index contributed by atoms with van der Waals surface area (Å²) < 4.78 is 7.42. The van der Waals surface area contributed by atoms with Gasteiger partial charge in [0.25, 0.3) is 5.91 Å². The molecule has 1 amide bonds. The number of carbonyl (C=O) groups excluding carboxylic acids is 2. The summed E-state index contributed by atoms with van der Waals surface area (Å²) in [5, 5.41) is 14.5. The fourth-order valence-electron chi connectivity index (χ4n) is 4.30. The number of hydrogen-bond donors (Lipinski definition) is 1. The van der Waals surface area contributed by atoms with Crippen molar-refractivity contribution in [1.82, 2.24) is 9.55 Å². The molecule has 176 valence electrons. The zero-order valence-electron chi connectivity index (χ0n) is 19.2. The van der Waals surface area contributed by atoms with Crippen LogP contribution in [0, 0.1) is 25.2 Å². The summed E-state index contributed by atoms with van der Waals surface area (Å²) in [6.07, 6.45) is 4.31. The summed E-state index contributed by atoms with van der Waals surface area (Å²) in [5.74, 6) is 0.122. The molecule has 1 aromatic carbocycles. The highest BCUT2D eigenvalue weighted by Crippen LogP contribution is 2.37. The van der Waals surface area contributed by atoms with Crippen LogP contribution < -0.4 is 5.32 Å². The van der Waals surface area contributed by atoms with Crippen LogP contribution in [0.3, 0.4) is 0 Å². The van der Waals surface area contributed by atoms with Crippen molar-refractivity contribution in [3.63, 3.8) is 0 Å². The molecule has 0 aliphatic heterocycles. The van der Waals surface area contributed by atoms with Gasteiger partial charge in [-0.25, -0.2) is 9.78 Å². The van der Waals surface area contributed by atoms with E-state index in [2.05, 4.69) is 20.9 Å². The lowest BCUT2D eigenvalue weighted by molar-refractivity contribution is -0.119. The zero-order chi connectivity index (χ0) is 24.1. The Morgan fingerprint density at radius 2 is 2.06 bits per heavy atom. The maximum Gasteiger partial charge on any atom is 0.339 e. The lowest BCUT2D eigenvalue weighted by atomic mass is 10.2. The van der Waals surface area contributed by atoms with Crippen LogP contribution >= 0.6 is 23.1 Å². The first-order valence-electron chi connectivity index (χ1n) is 11.2. The van der Waals surface area contributed by atoms with Gasteiger partial charge in [-0.3, -0.25) is 4.79 Å². The van der Waals surface area contributed by atoms with Crippen LogP contribution in [0.25, 0.3) is 0 Å². The molecule has 7 nitrogen and oxygen atoms in total. The Balaban J connectivity index is 1.43. The first-order valence-corrected chi connectivity index (χ1v) is 13.1. The number of carbonyl (C=O) groups is 2. The minimum absolute atomic E-state index is 0.264. The van der Waals surface area contributed by atoms with Crippen LogP contribution in [-0.4, -0.2) is 28.0 Å². The Morgan fingerprint density at radius 1 is 1.29 bits per heavy atom. The quantitative estimate of drug-likeness (QED) is 0.322. The minimum Gasteiger partial charge on any atom is -0.452 e. The maximum atomic E-state index is 12.8. The number of aromatic nitrogens is 2. The zero-order valence-corrected chi connectivity index (χ0v) is 20.8. The van der Waals surface area contributed by atoms with Gasteiger partial charge in [-0.15, -0.1) is 23.1 Å². The Bertz CT molecular complexity index is 1220. The van der Waals surface area contributed by atoms with E-state index in [0.717, 1.165) is 47.5 Å². The SMILES string of the molecule is Cc1c(C#N)c(NC(=O)COC(=O)c2ccccc2SCc2cscn2)n(C2CCCC2)c1C. The molecular formula is C25H26N4O3S2. The van der Waals surface area contributed by atoms with E-state index in [1.165, 1.54) is 23.1 Å². The minimum atomic E-state index is -0.560. The standard InChI is InChI=1S/C25H26N4O3S2/c1-16-17(2)29(19-7-3-4-8-19)24(21(16)11-26)28-23(30)12-32-25(31)20-9-5-6-10-22(20)34-14-18-13-33-15-27-18/h5-6,9-10,13,15,19H,3-4,7-8,12,14H2,1-2H3,(H,28,30). The lowest BCUT2D eigenvalue weighted by Gasteiger charge is -2.19. The topological polar surface area (TPSA) is 97.0 Å². The van der Waals surface area contributed by atoms with Gasteiger partial charge in [0, 0.05) is 27.8 Å². The molecule has 1 fully saturated rings. The molecule has 3 aromatic rings. The predicted octanol–water partition coefficient (Wildman–Crippen LogP) is 5.64. The number of hydrogen-bond acceptors (Lipinski definition) is 7. The molecule has 1 aliphatic rings. The molecule has 9 heteroatoms. The van der Waals surface area contributed by atoms with E-state index in [-0.39, 0.29) is 6.04 Å². The number of rotatable bonds is 8. The van der Waals surface area contributed by atoms with Crippen molar-refractivity contribution in [2.45, 2.75) is 56.2 Å². The molecule has 2 heterocycles. The average molecular weight is 495 g/mol. The first kappa shape index (κ1) is 24.0. The Hall–Kier alpha value is -3.09. The van der Waals surface area contributed by atoms with Crippen LogP contribution in [0.2, 0.25) is 0 Å². The molecule has 34 heavy (non-hydrogen) atoms. The summed E-state index contributed by atoms with van der Waals surface area (Å²) in [5.41, 5.74) is 5.46. The van der Waals surface area contributed by atoms with Crippen molar-refractivity contribution in [3.05, 3.63) is 63.2 Å². The number of esters is 1. The number of anilines is 1. The third kappa shape index (κ3) is 5.18. The maximum absolute atomic E-state index is 12.8. The number of thiazole rings is 1. The molecule has 1 saturated carbocycles. The third-order valence-corrected chi connectivity index (χ3v) is 7.86. The monoisotopic (exact) mass is 494 g/mol. The number of nitrogens with zero attached hydrogens (tertiary/aromatic N) is 3. The largest absolute Gasteiger partial charge is 0.452 e. The van der Waals surface area contributed by atoms with Gasteiger partial charge in [0.05, 0.1) is 22.3 Å². The van der Waals surface area contributed by atoms with E-state index in [0.29, 0.717) is 22.7 Å². The molecule has 1 aliphatic carbocycles. The highest BCUT2D eigenvalue weighted by molar-refractivity contribution is 7.98. The van der Waals surface area contributed by atoms with Gasteiger partial charge < -0.3 is 14.6 Å². The molecular weight excluding hydrogens is 468 g/mol. The molecule has 4 rings (SSSR count). The van der Waals surface area contributed by atoms with Gasteiger partial charge in [0.15, 0.2) is 6.61 Å². The van der Waals surface area contributed by atoms with Crippen LogP contribution in [-0.2, 0) is 15.3 Å². The fraction of sp³-hybridized carbons (Fsp3) is 0.360. The second-order valence-electron chi connectivity index (χ2n) is 8.24. The van der Waals surface area contributed by atoms with E-state index >= 15 is 0 Å². The number of ether oxygens (including phenoxy) is 1. The second kappa shape index (κ2) is 10.9. The lowest BCUT2D eigenvalue weighted by Crippen LogP contribution is -2.24. The number of amides is 1. The normalized spacial score (nSPS) is 13.6. The van der Waals surface area contributed by atoms with Crippen molar-refractivity contribution in [2.24, 2.45) is 0 Å². The smallest absolute Gasteiger partial charge is 0.339 e. The first-order chi connectivity index (χ1) is 16.5. The number of nitrogens with one attached hydrogen (secondary N) is 1. The van der Waals surface area contributed by atoms with Gasteiger partial charge in [-0.1, -0.05) is 25.0 Å². The van der Waals surface area contributed by atoms with Crippen molar-refractivity contribution < 1.29 is 14.3 Å². The fourth-order valence-corrected chi connectivity index (χ4v) is 5.91. The van der Waals surface area contributed by atoms with Gasteiger partial charge in [-0.05, 0) is 44.4 Å². The molecule has 0 spiro atoms. The van der Waals surface area contributed by atoms with Crippen LogP contribution in [0.1, 0.15) is 64.6 Å². The van der Waals surface area contributed by atoms with E-state index in [1.807, 2.05) is 31.4 Å². The second-order valence-corrected chi connectivity index (χ2v) is 9.98. The highest BCUT2D eigenvalue weighted by Gasteiger charge is 2.27. The van der Waals surface area contributed by atoms with Crippen molar-refractivity contribution >= 4 is 40.8 Å². The predicted molar refractivity (Wildman–Crippen MR) is 133 cm³/mol. The molecule has 0 bridgehead atoms. The molecule has 1 N–H and O–H groups in total. The Morgan fingerprint density at radius 3 is 2.76 bits per heavy atom. The summed E-state index contributed by atoms with van der Waals surface area (Å²) in [7, 11) is 0. The van der Waals surface area contributed by atoms with Gasteiger partial charge in [0.2, 0.25) is 0 Å². The van der Waals surface area contributed by atoms with Crippen molar-refractivity contribution in [2.75, 3.05) is 11.9 Å².